The zero-order valence-electron chi connectivity index (χ0n) is 12.0. The van der Waals surface area contributed by atoms with Crippen LogP contribution in [0.2, 0.25) is 0 Å². The van der Waals surface area contributed by atoms with Crippen LogP contribution in [0, 0.1) is 5.92 Å². The summed E-state index contributed by atoms with van der Waals surface area (Å²) in [5, 5.41) is 12.3. The molecule has 112 valence electrons. The van der Waals surface area contributed by atoms with Crippen molar-refractivity contribution in [1.82, 2.24) is 10.2 Å². The molecule has 21 heavy (non-hydrogen) atoms. The van der Waals surface area contributed by atoms with Crippen molar-refractivity contribution in [1.29, 1.82) is 0 Å². The molecule has 0 atom stereocenters. The number of rotatable bonds is 2. The molecule has 1 fully saturated rings. The molecular weight excluding hydrogens is 268 g/mol. The first kappa shape index (κ1) is 14.1. The van der Waals surface area contributed by atoms with Crippen molar-refractivity contribution in [3.63, 3.8) is 0 Å². The van der Waals surface area contributed by atoms with Crippen LogP contribution in [0.25, 0.3) is 0 Å². The Balaban J connectivity index is 1.76. The number of piperidine rings is 1. The molecule has 5 heteroatoms. The summed E-state index contributed by atoms with van der Waals surface area (Å²) in [5.74, 6) is -0.995. The first-order valence-electron chi connectivity index (χ1n) is 7.50. The van der Waals surface area contributed by atoms with Gasteiger partial charge >= 0.3 is 5.97 Å². The number of nitrogens with zero attached hydrogens (tertiary/aromatic N) is 1. The lowest BCUT2D eigenvalue weighted by atomic mass is 9.93. The van der Waals surface area contributed by atoms with E-state index in [1.165, 1.54) is 5.56 Å². The lowest BCUT2D eigenvalue weighted by molar-refractivity contribution is -0.143. The van der Waals surface area contributed by atoms with Crippen LogP contribution in [-0.2, 0) is 17.8 Å². The van der Waals surface area contributed by atoms with Gasteiger partial charge in [0.2, 0.25) is 0 Å². The third kappa shape index (κ3) is 2.78. The molecule has 5 nitrogen and oxygen atoms in total. The predicted octanol–water partition coefficient (Wildman–Crippen LogP) is 1.27. The van der Waals surface area contributed by atoms with Crippen molar-refractivity contribution >= 4 is 11.9 Å². The maximum Gasteiger partial charge on any atom is 0.306 e. The number of amides is 1. The molecule has 1 saturated heterocycles. The third-order valence-electron chi connectivity index (χ3n) is 4.50. The number of nitrogens with one attached hydrogen (secondary N) is 1. The van der Waals surface area contributed by atoms with Crippen molar-refractivity contribution < 1.29 is 14.7 Å². The predicted molar refractivity (Wildman–Crippen MR) is 78.1 cm³/mol. The van der Waals surface area contributed by atoms with Crippen LogP contribution in [0.3, 0.4) is 0 Å². The molecule has 1 aromatic rings. The highest BCUT2D eigenvalue weighted by Gasteiger charge is 2.28. The second kappa shape index (κ2) is 5.85. The number of hydrogen-bond acceptors (Lipinski definition) is 3. The second-order valence-electron chi connectivity index (χ2n) is 5.77. The van der Waals surface area contributed by atoms with Crippen LogP contribution in [-0.4, -0.2) is 41.5 Å². The molecule has 0 saturated carbocycles. The van der Waals surface area contributed by atoms with E-state index >= 15 is 0 Å². The number of likely N-dealkylation sites (tertiary alicyclic amines) is 1. The largest absolute Gasteiger partial charge is 0.481 e. The Hall–Kier alpha value is -1.88. The molecular formula is C16H20N2O3. The van der Waals surface area contributed by atoms with Crippen molar-refractivity contribution in [2.45, 2.75) is 25.8 Å². The van der Waals surface area contributed by atoms with E-state index in [0.717, 1.165) is 30.6 Å². The van der Waals surface area contributed by atoms with Crippen LogP contribution in [0.15, 0.2) is 18.2 Å². The van der Waals surface area contributed by atoms with E-state index in [9.17, 15) is 9.59 Å². The number of fused-ring (bicyclic) bond motifs is 1. The molecule has 0 radical (unpaired) electrons. The smallest absolute Gasteiger partial charge is 0.306 e. The number of hydrogen-bond donors (Lipinski definition) is 2. The summed E-state index contributed by atoms with van der Waals surface area (Å²) in [6, 6.07) is 5.90. The van der Waals surface area contributed by atoms with Crippen LogP contribution in [0.1, 0.15) is 34.3 Å². The van der Waals surface area contributed by atoms with E-state index in [1.807, 2.05) is 12.1 Å². The van der Waals surface area contributed by atoms with Crippen LogP contribution < -0.4 is 5.32 Å². The van der Waals surface area contributed by atoms with Crippen LogP contribution >= 0.6 is 0 Å². The quantitative estimate of drug-likeness (QED) is 0.860. The van der Waals surface area contributed by atoms with Crippen LogP contribution in [0.4, 0.5) is 0 Å². The third-order valence-corrected chi connectivity index (χ3v) is 4.50. The molecule has 1 amide bonds. The molecule has 0 aliphatic carbocycles. The van der Waals surface area contributed by atoms with Crippen molar-refractivity contribution in [2.24, 2.45) is 5.92 Å². The van der Waals surface area contributed by atoms with Gasteiger partial charge in [-0.25, -0.2) is 0 Å². The summed E-state index contributed by atoms with van der Waals surface area (Å²) < 4.78 is 0. The average molecular weight is 288 g/mol. The summed E-state index contributed by atoms with van der Waals surface area (Å²) in [5.41, 5.74) is 3.15. The van der Waals surface area contributed by atoms with Gasteiger partial charge in [-0.05, 0) is 43.0 Å². The standard InChI is InChI=1S/C16H20N2O3/c19-15(18-8-5-11(6-9-18)16(20)21)14-3-1-2-12-10-17-7-4-13(12)14/h1-3,11,17H,4-10H2,(H,20,21). The van der Waals surface area contributed by atoms with Gasteiger partial charge in [-0.2, -0.15) is 0 Å². The maximum absolute atomic E-state index is 12.7. The van der Waals surface area contributed by atoms with E-state index < -0.39 is 5.97 Å². The fourth-order valence-corrected chi connectivity index (χ4v) is 3.23. The Labute approximate surface area is 123 Å². The first-order valence-corrected chi connectivity index (χ1v) is 7.50. The zero-order valence-corrected chi connectivity index (χ0v) is 12.0. The fraction of sp³-hybridized carbons (Fsp3) is 0.500. The molecule has 2 N–H and O–H groups in total. The van der Waals surface area contributed by atoms with Gasteiger partial charge in [0, 0.05) is 25.2 Å². The molecule has 2 aliphatic heterocycles. The number of aliphatic carboxylic acids is 1. The zero-order chi connectivity index (χ0) is 14.8. The highest BCUT2D eigenvalue weighted by Crippen LogP contribution is 2.23. The minimum atomic E-state index is -0.745. The Kier molecular flexibility index (Phi) is 3.92. The van der Waals surface area contributed by atoms with E-state index in [-0.39, 0.29) is 11.8 Å². The molecule has 0 unspecified atom stereocenters. The van der Waals surface area contributed by atoms with Gasteiger partial charge in [-0.3, -0.25) is 9.59 Å². The monoisotopic (exact) mass is 288 g/mol. The Morgan fingerprint density at radius 3 is 2.71 bits per heavy atom. The second-order valence-corrected chi connectivity index (χ2v) is 5.77. The van der Waals surface area contributed by atoms with Gasteiger partial charge in [0.15, 0.2) is 0 Å². The summed E-state index contributed by atoms with van der Waals surface area (Å²) in [4.78, 5) is 25.5. The summed E-state index contributed by atoms with van der Waals surface area (Å²) in [6.07, 6.45) is 1.98. The van der Waals surface area contributed by atoms with E-state index in [2.05, 4.69) is 11.4 Å². The first-order chi connectivity index (χ1) is 10.2. The summed E-state index contributed by atoms with van der Waals surface area (Å²) in [7, 11) is 0. The molecule has 1 aromatic carbocycles. The maximum atomic E-state index is 12.7. The lowest BCUT2D eigenvalue weighted by Gasteiger charge is -2.31. The number of carboxylic acids is 1. The molecule has 0 aromatic heterocycles. The van der Waals surface area contributed by atoms with E-state index in [1.54, 1.807) is 4.90 Å². The molecule has 3 rings (SSSR count). The number of carboxylic acid groups (broad SMARTS) is 1. The number of benzene rings is 1. The Morgan fingerprint density at radius 2 is 2.00 bits per heavy atom. The molecule has 2 heterocycles. The highest BCUT2D eigenvalue weighted by atomic mass is 16.4. The molecule has 0 spiro atoms. The number of carbonyl (C=O) groups excluding carboxylic acids is 1. The van der Waals surface area contributed by atoms with Crippen molar-refractivity contribution in [2.75, 3.05) is 19.6 Å². The lowest BCUT2D eigenvalue weighted by Crippen LogP contribution is -2.41. The van der Waals surface area contributed by atoms with Crippen molar-refractivity contribution in [3.05, 3.63) is 34.9 Å². The highest BCUT2D eigenvalue weighted by molar-refractivity contribution is 5.96. The molecule has 2 aliphatic rings. The van der Waals surface area contributed by atoms with E-state index in [0.29, 0.717) is 25.9 Å². The van der Waals surface area contributed by atoms with Gasteiger partial charge in [0.05, 0.1) is 5.92 Å². The average Bonchev–Trinajstić information content (AvgIpc) is 2.53. The van der Waals surface area contributed by atoms with Gasteiger partial charge in [0.25, 0.3) is 5.91 Å². The van der Waals surface area contributed by atoms with Gasteiger partial charge in [-0.1, -0.05) is 12.1 Å². The summed E-state index contributed by atoms with van der Waals surface area (Å²) >= 11 is 0. The Morgan fingerprint density at radius 1 is 1.24 bits per heavy atom. The Bertz CT molecular complexity index is 563. The summed E-state index contributed by atoms with van der Waals surface area (Å²) in [6.45, 7) is 2.80. The normalized spacial score (nSPS) is 19.1. The SMILES string of the molecule is O=C(O)C1CCN(C(=O)c2cccc3c2CCNC3)CC1. The topological polar surface area (TPSA) is 69.6 Å². The molecule has 0 bridgehead atoms. The van der Waals surface area contributed by atoms with Crippen molar-refractivity contribution in [3.8, 4) is 0 Å². The fourth-order valence-electron chi connectivity index (χ4n) is 3.23. The van der Waals surface area contributed by atoms with Crippen LogP contribution in [0.5, 0.6) is 0 Å². The number of carbonyl (C=O) groups is 2. The minimum absolute atomic E-state index is 0.0533. The van der Waals surface area contributed by atoms with Gasteiger partial charge in [-0.15, -0.1) is 0 Å². The van der Waals surface area contributed by atoms with Gasteiger partial charge in [0.1, 0.15) is 0 Å². The van der Waals surface area contributed by atoms with Gasteiger partial charge < -0.3 is 15.3 Å². The van der Waals surface area contributed by atoms with E-state index in [4.69, 9.17) is 5.11 Å². The minimum Gasteiger partial charge on any atom is -0.481 e.